The molecule has 0 saturated carbocycles. The predicted octanol–water partition coefficient (Wildman–Crippen LogP) is 3.19. The zero-order valence-corrected chi connectivity index (χ0v) is 13.6. The summed E-state index contributed by atoms with van der Waals surface area (Å²) in [5, 5.41) is 3.34. The van der Waals surface area contributed by atoms with Crippen molar-refractivity contribution in [2.24, 2.45) is 5.92 Å². The van der Waals surface area contributed by atoms with Gasteiger partial charge in [-0.3, -0.25) is 0 Å². The van der Waals surface area contributed by atoms with Gasteiger partial charge in [0, 0.05) is 19.6 Å². The van der Waals surface area contributed by atoms with Gasteiger partial charge in [-0.1, -0.05) is 19.9 Å². The van der Waals surface area contributed by atoms with Crippen molar-refractivity contribution in [1.82, 2.24) is 5.32 Å². The van der Waals surface area contributed by atoms with E-state index in [2.05, 4.69) is 24.1 Å². The van der Waals surface area contributed by atoms with Gasteiger partial charge in [0.1, 0.15) is 5.82 Å². The van der Waals surface area contributed by atoms with Crippen molar-refractivity contribution in [2.75, 3.05) is 31.1 Å². The molecule has 2 rings (SSSR count). The maximum Gasteiger partial charge on any atom is 0.146 e. The fourth-order valence-corrected chi connectivity index (χ4v) is 2.64. The minimum atomic E-state index is -0.220. The molecule has 0 aromatic heterocycles. The van der Waals surface area contributed by atoms with Gasteiger partial charge in [0.15, 0.2) is 0 Å². The van der Waals surface area contributed by atoms with Crippen molar-refractivity contribution in [1.29, 1.82) is 0 Å². The van der Waals surface area contributed by atoms with Crippen LogP contribution in [0.3, 0.4) is 0 Å². The number of rotatable bonds is 5. The van der Waals surface area contributed by atoms with Crippen molar-refractivity contribution >= 4 is 5.69 Å². The Labute approximate surface area is 127 Å². The molecule has 0 bridgehead atoms. The first-order chi connectivity index (χ1) is 9.87. The lowest BCUT2D eigenvalue weighted by Crippen LogP contribution is -2.48. The Morgan fingerprint density at radius 3 is 2.76 bits per heavy atom. The third-order valence-electron chi connectivity index (χ3n) is 3.66. The first-order valence-electron chi connectivity index (χ1n) is 7.75. The molecule has 1 saturated heterocycles. The molecule has 1 aromatic rings. The molecule has 1 aromatic carbocycles. The first kappa shape index (κ1) is 16.2. The van der Waals surface area contributed by atoms with E-state index in [4.69, 9.17) is 4.74 Å². The number of hydrogen-bond donors (Lipinski definition) is 1. The van der Waals surface area contributed by atoms with Crippen LogP contribution in [0, 0.1) is 11.7 Å². The molecule has 0 radical (unpaired) electrons. The van der Waals surface area contributed by atoms with Crippen molar-refractivity contribution in [3.05, 3.63) is 29.6 Å². The lowest BCUT2D eigenvalue weighted by Gasteiger charge is -2.39. The van der Waals surface area contributed by atoms with Crippen LogP contribution in [0.15, 0.2) is 18.2 Å². The average Bonchev–Trinajstić information content (AvgIpc) is 2.37. The van der Waals surface area contributed by atoms with E-state index in [0.717, 1.165) is 25.2 Å². The van der Waals surface area contributed by atoms with E-state index >= 15 is 0 Å². The molecule has 118 valence electrons. The molecule has 1 N–H and O–H groups in total. The number of halogens is 1. The first-order valence-corrected chi connectivity index (χ1v) is 7.75. The summed E-state index contributed by atoms with van der Waals surface area (Å²) in [6.45, 7) is 12.2. The molecule has 0 aliphatic carbocycles. The van der Waals surface area contributed by atoms with E-state index in [9.17, 15) is 4.39 Å². The van der Waals surface area contributed by atoms with E-state index in [1.807, 2.05) is 26.0 Å². The van der Waals surface area contributed by atoms with Gasteiger partial charge < -0.3 is 15.0 Å². The van der Waals surface area contributed by atoms with Gasteiger partial charge in [0.05, 0.1) is 17.9 Å². The van der Waals surface area contributed by atoms with Crippen molar-refractivity contribution in [2.45, 2.75) is 39.8 Å². The minimum Gasteiger partial charge on any atom is -0.372 e. The molecule has 0 atom stereocenters. The molecule has 1 aliphatic heterocycles. The highest BCUT2D eigenvalue weighted by Crippen LogP contribution is 2.26. The number of benzene rings is 1. The quantitative estimate of drug-likeness (QED) is 0.902. The second-order valence-electron chi connectivity index (χ2n) is 6.84. The highest BCUT2D eigenvalue weighted by atomic mass is 19.1. The van der Waals surface area contributed by atoms with Gasteiger partial charge >= 0.3 is 0 Å². The molecule has 1 fully saturated rings. The van der Waals surface area contributed by atoms with Crippen LogP contribution >= 0.6 is 0 Å². The summed E-state index contributed by atoms with van der Waals surface area (Å²) < 4.78 is 20.0. The van der Waals surface area contributed by atoms with E-state index < -0.39 is 0 Å². The zero-order valence-electron chi connectivity index (χ0n) is 13.6. The molecular formula is C17H27FN2O. The monoisotopic (exact) mass is 294 g/mol. The van der Waals surface area contributed by atoms with Crippen LogP contribution in [0.2, 0.25) is 0 Å². The molecule has 1 aliphatic rings. The smallest absolute Gasteiger partial charge is 0.146 e. The topological polar surface area (TPSA) is 24.5 Å². The van der Waals surface area contributed by atoms with Crippen molar-refractivity contribution in [3.8, 4) is 0 Å². The van der Waals surface area contributed by atoms with Gasteiger partial charge in [-0.05, 0) is 44.0 Å². The van der Waals surface area contributed by atoms with Crippen molar-refractivity contribution < 1.29 is 9.13 Å². The Hall–Kier alpha value is -1.13. The SMILES string of the molecule is CC(C)CNCc1ccc(N2CCOC(C)(C)C2)c(F)c1. The van der Waals surface area contributed by atoms with Crippen LogP contribution in [0.1, 0.15) is 33.3 Å². The summed E-state index contributed by atoms with van der Waals surface area (Å²) in [6, 6.07) is 5.54. The Bertz CT molecular complexity index is 474. The molecule has 0 amide bonds. The molecule has 0 spiro atoms. The lowest BCUT2D eigenvalue weighted by atomic mass is 10.1. The van der Waals surface area contributed by atoms with E-state index in [1.54, 1.807) is 6.07 Å². The molecule has 0 unspecified atom stereocenters. The van der Waals surface area contributed by atoms with Crippen LogP contribution in [0.25, 0.3) is 0 Å². The average molecular weight is 294 g/mol. The largest absolute Gasteiger partial charge is 0.372 e. The number of nitrogens with zero attached hydrogens (tertiary/aromatic N) is 1. The Morgan fingerprint density at radius 2 is 2.14 bits per heavy atom. The summed E-state index contributed by atoms with van der Waals surface area (Å²) in [6.07, 6.45) is 0. The maximum atomic E-state index is 14.4. The van der Waals surface area contributed by atoms with E-state index in [-0.39, 0.29) is 11.4 Å². The highest BCUT2D eigenvalue weighted by Gasteiger charge is 2.28. The summed E-state index contributed by atoms with van der Waals surface area (Å²) in [7, 11) is 0. The third kappa shape index (κ3) is 4.68. The van der Waals surface area contributed by atoms with E-state index in [0.29, 0.717) is 24.8 Å². The van der Waals surface area contributed by atoms with Gasteiger partial charge in [0.25, 0.3) is 0 Å². The normalized spacial score (nSPS) is 18.3. The minimum absolute atomic E-state index is 0.142. The molecule has 4 heteroatoms. The zero-order chi connectivity index (χ0) is 15.5. The van der Waals surface area contributed by atoms with Gasteiger partial charge in [0.2, 0.25) is 0 Å². The predicted molar refractivity (Wildman–Crippen MR) is 85.2 cm³/mol. The third-order valence-corrected chi connectivity index (χ3v) is 3.66. The van der Waals surface area contributed by atoms with E-state index in [1.165, 1.54) is 0 Å². The van der Waals surface area contributed by atoms with Gasteiger partial charge in [-0.2, -0.15) is 0 Å². The number of anilines is 1. The number of nitrogens with one attached hydrogen (secondary N) is 1. The fourth-order valence-electron chi connectivity index (χ4n) is 2.64. The second kappa shape index (κ2) is 6.75. The summed E-state index contributed by atoms with van der Waals surface area (Å²) in [5.41, 5.74) is 1.45. The lowest BCUT2D eigenvalue weighted by molar-refractivity contribution is -0.0278. The Kier molecular flexibility index (Phi) is 5.22. The summed E-state index contributed by atoms with van der Waals surface area (Å²) in [4.78, 5) is 2.07. The van der Waals surface area contributed by atoms with Crippen LogP contribution < -0.4 is 10.2 Å². The van der Waals surface area contributed by atoms with Crippen LogP contribution in [-0.4, -0.2) is 31.8 Å². The summed E-state index contributed by atoms with van der Waals surface area (Å²) >= 11 is 0. The fraction of sp³-hybridized carbons (Fsp3) is 0.647. The highest BCUT2D eigenvalue weighted by molar-refractivity contribution is 5.50. The number of hydrogen-bond acceptors (Lipinski definition) is 3. The Balaban J connectivity index is 2.02. The molecule has 21 heavy (non-hydrogen) atoms. The maximum absolute atomic E-state index is 14.4. The number of ether oxygens (including phenoxy) is 1. The second-order valence-corrected chi connectivity index (χ2v) is 6.84. The van der Waals surface area contributed by atoms with Gasteiger partial charge in [-0.25, -0.2) is 4.39 Å². The molecule has 3 nitrogen and oxygen atoms in total. The van der Waals surface area contributed by atoms with Crippen molar-refractivity contribution in [3.63, 3.8) is 0 Å². The summed E-state index contributed by atoms with van der Waals surface area (Å²) in [5.74, 6) is 0.459. The van der Waals surface area contributed by atoms with Gasteiger partial charge in [-0.15, -0.1) is 0 Å². The van der Waals surface area contributed by atoms with Crippen LogP contribution in [0.5, 0.6) is 0 Å². The molecular weight excluding hydrogens is 267 g/mol. The Morgan fingerprint density at radius 1 is 1.38 bits per heavy atom. The van der Waals surface area contributed by atoms with Crippen LogP contribution in [-0.2, 0) is 11.3 Å². The van der Waals surface area contributed by atoms with Crippen LogP contribution in [0.4, 0.5) is 10.1 Å². The standard InChI is InChI=1S/C17H27FN2O/c1-13(2)10-19-11-14-5-6-16(15(18)9-14)20-7-8-21-17(3,4)12-20/h5-6,9,13,19H,7-8,10-12H2,1-4H3. The number of morpholine rings is 1. The molecule has 1 heterocycles.